The Morgan fingerprint density at radius 3 is 2.50 bits per heavy atom. The van der Waals surface area contributed by atoms with Crippen LogP contribution in [0, 0.1) is 0 Å². The first-order valence-corrected chi connectivity index (χ1v) is 6.96. The van der Waals surface area contributed by atoms with Gasteiger partial charge in [0.25, 0.3) is 0 Å². The van der Waals surface area contributed by atoms with E-state index in [0.717, 1.165) is 43.3 Å². The van der Waals surface area contributed by atoms with Gasteiger partial charge in [-0.25, -0.2) is 0 Å². The fourth-order valence-corrected chi connectivity index (χ4v) is 2.48. The lowest BCUT2D eigenvalue weighted by Gasteiger charge is -2.34. The molecular weight excluding hydrogens is 297 g/mol. The van der Waals surface area contributed by atoms with Gasteiger partial charge in [0.2, 0.25) is 5.91 Å². The van der Waals surface area contributed by atoms with Crippen molar-refractivity contribution < 1.29 is 4.79 Å². The fraction of sp³-hybridized carbons (Fsp3) is 0.500. The number of hydrogen-bond acceptors (Lipinski definition) is 3. The molecule has 0 unspecified atom stereocenters. The second kappa shape index (κ2) is 8.47. The number of rotatable bonds is 4. The van der Waals surface area contributed by atoms with Gasteiger partial charge in [0.1, 0.15) is 0 Å². The zero-order valence-corrected chi connectivity index (χ0v) is 13.2. The number of likely N-dealkylation sites (N-methyl/N-ethyl adjacent to an activating group) is 1. The highest BCUT2D eigenvalue weighted by atomic mass is 35.5. The molecule has 1 aliphatic rings. The molecule has 1 N–H and O–H groups in total. The molecule has 20 heavy (non-hydrogen) atoms. The third-order valence-electron chi connectivity index (χ3n) is 3.40. The van der Waals surface area contributed by atoms with Crippen LogP contribution in [0.4, 0.5) is 0 Å². The van der Waals surface area contributed by atoms with Gasteiger partial charge in [0.15, 0.2) is 0 Å². The van der Waals surface area contributed by atoms with Crippen molar-refractivity contribution in [1.82, 2.24) is 15.1 Å². The minimum atomic E-state index is 0. The third-order valence-corrected chi connectivity index (χ3v) is 3.77. The van der Waals surface area contributed by atoms with E-state index in [9.17, 15) is 4.79 Å². The van der Waals surface area contributed by atoms with Crippen molar-refractivity contribution in [1.29, 1.82) is 0 Å². The molecule has 1 saturated heterocycles. The van der Waals surface area contributed by atoms with Crippen LogP contribution in [0.25, 0.3) is 0 Å². The lowest BCUT2D eigenvalue weighted by molar-refractivity contribution is -0.131. The minimum Gasteiger partial charge on any atom is -0.339 e. The molecule has 1 fully saturated rings. The third kappa shape index (κ3) is 4.63. The Morgan fingerprint density at radius 1 is 1.25 bits per heavy atom. The Bertz CT molecular complexity index is 434. The highest BCUT2D eigenvalue weighted by Gasteiger charge is 2.20. The molecule has 0 atom stereocenters. The van der Waals surface area contributed by atoms with Crippen molar-refractivity contribution in [2.75, 3.05) is 39.8 Å². The first-order valence-electron chi connectivity index (χ1n) is 6.59. The second-order valence-corrected chi connectivity index (χ2v) is 5.19. The fourth-order valence-electron chi connectivity index (χ4n) is 2.29. The van der Waals surface area contributed by atoms with Gasteiger partial charge in [-0.05, 0) is 18.7 Å². The summed E-state index contributed by atoms with van der Waals surface area (Å²) in [5.41, 5.74) is 1.15. The summed E-state index contributed by atoms with van der Waals surface area (Å²) in [6.45, 7) is 4.68. The van der Waals surface area contributed by atoms with E-state index in [0.29, 0.717) is 6.54 Å². The largest absolute Gasteiger partial charge is 0.339 e. The quantitative estimate of drug-likeness (QED) is 0.916. The maximum atomic E-state index is 11.7. The summed E-state index contributed by atoms with van der Waals surface area (Å²) in [4.78, 5) is 16.0. The number of carbonyl (C=O) groups is 1. The molecule has 1 heterocycles. The SMILES string of the molecule is CNCC(=O)N1CCN(Cc2ccccc2Cl)CC1.Cl. The molecule has 6 heteroatoms. The average Bonchev–Trinajstić information content (AvgIpc) is 2.42. The number of nitrogens with one attached hydrogen (secondary N) is 1. The van der Waals surface area contributed by atoms with Gasteiger partial charge in [0, 0.05) is 37.7 Å². The van der Waals surface area contributed by atoms with Gasteiger partial charge in [0.05, 0.1) is 6.54 Å². The van der Waals surface area contributed by atoms with E-state index in [1.807, 2.05) is 23.1 Å². The van der Waals surface area contributed by atoms with Gasteiger partial charge >= 0.3 is 0 Å². The topological polar surface area (TPSA) is 35.6 Å². The minimum absolute atomic E-state index is 0. The molecule has 112 valence electrons. The van der Waals surface area contributed by atoms with Crippen molar-refractivity contribution in [2.45, 2.75) is 6.54 Å². The van der Waals surface area contributed by atoms with Gasteiger partial charge in [-0.15, -0.1) is 12.4 Å². The molecule has 0 saturated carbocycles. The van der Waals surface area contributed by atoms with Crippen LogP contribution in [0.2, 0.25) is 5.02 Å². The molecule has 0 spiro atoms. The van der Waals surface area contributed by atoms with Crippen molar-refractivity contribution in [3.63, 3.8) is 0 Å². The number of halogens is 2. The Morgan fingerprint density at radius 2 is 1.90 bits per heavy atom. The zero-order chi connectivity index (χ0) is 13.7. The van der Waals surface area contributed by atoms with E-state index in [1.54, 1.807) is 7.05 Å². The van der Waals surface area contributed by atoms with Crippen molar-refractivity contribution >= 4 is 29.9 Å². The Kier molecular flexibility index (Phi) is 7.30. The lowest BCUT2D eigenvalue weighted by atomic mass is 10.2. The van der Waals surface area contributed by atoms with Crippen LogP contribution in [0.5, 0.6) is 0 Å². The van der Waals surface area contributed by atoms with Crippen molar-refractivity contribution in [3.8, 4) is 0 Å². The van der Waals surface area contributed by atoms with E-state index in [4.69, 9.17) is 11.6 Å². The summed E-state index contributed by atoms with van der Waals surface area (Å²) in [6, 6.07) is 7.93. The molecule has 0 aromatic heterocycles. The summed E-state index contributed by atoms with van der Waals surface area (Å²) in [7, 11) is 1.80. The lowest BCUT2D eigenvalue weighted by Crippen LogP contribution is -2.50. The molecule has 4 nitrogen and oxygen atoms in total. The molecule has 1 aliphatic heterocycles. The number of nitrogens with zero attached hydrogens (tertiary/aromatic N) is 2. The summed E-state index contributed by atoms with van der Waals surface area (Å²) in [6.07, 6.45) is 0. The Hall–Kier alpha value is -0.810. The van der Waals surface area contributed by atoms with E-state index in [1.165, 1.54) is 0 Å². The molecule has 2 rings (SSSR count). The maximum Gasteiger partial charge on any atom is 0.236 e. The second-order valence-electron chi connectivity index (χ2n) is 4.78. The van der Waals surface area contributed by atoms with Gasteiger partial charge < -0.3 is 10.2 Å². The predicted octanol–water partition coefficient (Wildman–Crippen LogP) is 1.63. The monoisotopic (exact) mass is 317 g/mol. The Balaban J connectivity index is 0.00000200. The standard InChI is InChI=1S/C14H20ClN3O.ClH/c1-16-10-14(19)18-8-6-17(7-9-18)11-12-4-2-3-5-13(12)15;/h2-5,16H,6-11H2,1H3;1H. The number of piperazine rings is 1. The smallest absolute Gasteiger partial charge is 0.236 e. The summed E-state index contributed by atoms with van der Waals surface area (Å²) in [5.74, 6) is 0.180. The normalized spacial score (nSPS) is 15.8. The number of amides is 1. The highest BCUT2D eigenvalue weighted by Crippen LogP contribution is 2.17. The number of carbonyl (C=O) groups excluding carboxylic acids is 1. The van der Waals surface area contributed by atoms with Crippen molar-refractivity contribution in [2.24, 2.45) is 0 Å². The summed E-state index contributed by atoms with van der Waals surface area (Å²) in [5, 5.41) is 3.72. The van der Waals surface area contributed by atoms with E-state index in [2.05, 4.69) is 16.3 Å². The van der Waals surface area contributed by atoms with Crippen LogP contribution in [0.15, 0.2) is 24.3 Å². The number of hydrogen-bond donors (Lipinski definition) is 1. The predicted molar refractivity (Wildman–Crippen MR) is 84.5 cm³/mol. The molecule has 1 amide bonds. The van der Waals surface area contributed by atoms with E-state index >= 15 is 0 Å². The van der Waals surface area contributed by atoms with Crippen LogP contribution in [0.3, 0.4) is 0 Å². The summed E-state index contributed by atoms with van der Waals surface area (Å²) >= 11 is 6.16. The van der Waals surface area contributed by atoms with Gasteiger partial charge in [-0.1, -0.05) is 29.8 Å². The van der Waals surface area contributed by atoms with Gasteiger partial charge in [-0.3, -0.25) is 9.69 Å². The van der Waals surface area contributed by atoms with Crippen LogP contribution < -0.4 is 5.32 Å². The molecule has 0 radical (unpaired) electrons. The molecule has 1 aromatic carbocycles. The average molecular weight is 318 g/mol. The Labute approximate surface area is 131 Å². The molecule has 0 bridgehead atoms. The van der Waals surface area contributed by atoms with Crippen LogP contribution in [-0.4, -0.2) is 55.5 Å². The van der Waals surface area contributed by atoms with Crippen LogP contribution in [0.1, 0.15) is 5.56 Å². The van der Waals surface area contributed by atoms with E-state index < -0.39 is 0 Å². The molecular formula is C14H21Cl2N3O. The van der Waals surface area contributed by atoms with Crippen LogP contribution >= 0.6 is 24.0 Å². The first kappa shape index (κ1) is 17.2. The molecule has 1 aromatic rings. The summed E-state index contributed by atoms with van der Waals surface area (Å²) < 4.78 is 0. The van der Waals surface area contributed by atoms with Gasteiger partial charge in [-0.2, -0.15) is 0 Å². The van der Waals surface area contributed by atoms with Crippen LogP contribution in [-0.2, 0) is 11.3 Å². The highest BCUT2D eigenvalue weighted by molar-refractivity contribution is 6.31. The maximum absolute atomic E-state index is 11.7. The molecule has 0 aliphatic carbocycles. The first-order chi connectivity index (χ1) is 9.20. The zero-order valence-electron chi connectivity index (χ0n) is 11.6. The van der Waals surface area contributed by atoms with E-state index in [-0.39, 0.29) is 18.3 Å². The number of benzene rings is 1. The van der Waals surface area contributed by atoms with Crippen molar-refractivity contribution in [3.05, 3.63) is 34.9 Å².